The normalized spacial score (nSPS) is 18.9. The van der Waals surface area contributed by atoms with E-state index in [1.165, 1.54) is 23.1 Å². The van der Waals surface area contributed by atoms with Crippen molar-refractivity contribution in [2.24, 2.45) is 11.8 Å². The number of fused-ring (bicyclic) bond motifs is 2. The number of nitrogens with one attached hydrogen (secondary N) is 1. The molecule has 9 nitrogen and oxygen atoms in total. The summed E-state index contributed by atoms with van der Waals surface area (Å²) in [7, 11) is 0. The molecule has 4 aromatic rings. The molecule has 2 fully saturated rings. The van der Waals surface area contributed by atoms with Gasteiger partial charge in [0.05, 0.1) is 23.1 Å². The van der Waals surface area contributed by atoms with Gasteiger partial charge in [-0.25, -0.2) is 9.18 Å². The Morgan fingerprint density at radius 1 is 1.10 bits per heavy atom. The largest absolute Gasteiger partial charge is 0.492 e. The number of benzene rings is 2. The van der Waals surface area contributed by atoms with Crippen molar-refractivity contribution in [1.29, 1.82) is 0 Å². The van der Waals surface area contributed by atoms with Gasteiger partial charge in [0.1, 0.15) is 18.2 Å². The van der Waals surface area contributed by atoms with Crippen LogP contribution >= 0.6 is 11.6 Å². The minimum absolute atomic E-state index is 0.277. The standard InChI is InChI=1S/C28H26ClFN6O3/c29-19-1-4-24(30)23(9-19)27-10-20(12-32-34-27)33-25-5-6-31-26-11-21(2-3-22(25)26)39-8-7-35-13-17-15-36(28(37)38)16-18(17)14-35/h1-6,9-12,17-18H,7-8,13-16H2,(H,37,38)(H,31,33,34). The molecule has 1 amide bonds. The lowest BCUT2D eigenvalue weighted by Gasteiger charge is -2.20. The Labute approximate surface area is 229 Å². The SMILES string of the molecule is O=C(O)N1CC2CN(CCOc3ccc4c(Nc5cnnc(-c6cc(Cl)ccc6F)c5)ccnc4c3)CC2C1. The minimum atomic E-state index is -0.822. The summed E-state index contributed by atoms with van der Waals surface area (Å²) in [6.45, 7) is 4.38. The molecule has 6 rings (SSSR count). The number of anilines is 2. The van der Waals surface area contributed by atoms with Crippen LogP contribution in [0.15, 0.2) is 60.9 Å². The van der Waals surface area contributed by atoms with E-state index in [4.69, 9.17) is 16.3 Å². The molecule has 0 spiro atoms. The number of likely N-dealkylation sites (tertiary alicyclic amines) is 2. The lowest BCUT2D eigenvalue weighted by Crippen LogP contribution is -2.33. The lowest BCUT2D eigenvalue weighted by atomic mass is 10.0. The molecule has 0 saturated carbocycles. The van der Waals surface area contributed by atoms with E-state index in [0.29, 0.717) is 47.9 Å². The zero-order chi connectivity index (χ0) is 26.9. The van der Waals surface area contributed by atoms with E-state index in [-0.39, 0.29) is 5.56 Å². The Balaban J connectivity index is 1.10. The van der Waals surface area contributed by atoms with Gasteiger partial charge in [-0.1, -0.05) is 11.6 Å². The molecule has 0 radical (unpaired) electrons. The van der Waals surface area contributed by atoms with Crippen molar-refractivity contribution >= 4 is 40.0 Å². The predicted octanol–water partition coefficient (Wildman–Crippen LogP) is 5.15. The van der Waals surface area contributed by atoms with Crippen molar-refractivity contribution in [2.45, 2.75) is 0 Å². The predicted molar refractivity (Wildman–Crippen MR) is 146 cm³/mol. The number of carboxylic acid groups (broad SMARTS) is 1. The molecule has 2 aromatic carbocycles. The number of ether oxygens (including phenoxy) is 1. The van der Waals surface area contributed by atoms with E-state index in [0.717, 1.165) is 42.0 Å². The highest BCUT2D eigenvalue weighted by molar-refractivity contribution is 6.30. The fourth-order valence-electron chi connectivity index (χ4n) is 5.46. The van der Waals surface area contributed by atoms with E-state index >= 15 is 0 Å². The van der Waals surface area contributed by atoms with Crippen molar-refractivity contribution < 1.29 is 19.0 Å². The van der Waals surface area contributed by atoms with Crippen LogP contribution in [-0.4, -0.2) is 75.5 Å². The number of pyridine rings is 1. The quantitative estimate of drug-likeness (QED) is 0.327. The third kappa shape index (κ3) is 5.43. The first-order chi connectivity index (χ1) is 18.9. The molecule has 2 unspecified atom stereocenters. The molecule has 4 heterocycles. The molecule has 2 aliphatic rings. The van der Waals surface area contributed by atoms with Gasteiger partial charge >= 0.3 is 6.09 Å². The number of nitrogens with zero attached hydrogens (tertiary/aromatic N) is 5. The van der Waals surface area contributed by atoms with Gasteiger partial charge in [-0.15, -0.1) is 0 Å². The van der Waals surface area contributed by atoms with Gasteiger partial charge in [0.15, 0.2) is 0 Å². The number of halogens is 2. The Hall–Kier alpha value is -4.02. The first-order valence-corrected chi connectivity index (χ1v) is 13.1. The average molecular weight is 549 g/mol. The summed E-state index contributed by atoms with van der Waals surface area (Å²) in [6.07, 6.45) is 2.46. The number of hydrogen-bond donors (Lipinski definition) is 2. The molecule has 2 N–H and O–H groups in total. The maximum atomic E-state index is 14.3. The fourth-order valence-corrected chi connectivity index (χ4v) is 5.64. The molecule has 0 aliphatic carbocycles. The van der Waals surface area contributed by atoms with Gasteiger partial charge in [-0.05, 0) is 54.3 Å². The summed E-state index contributed by atoms with van der Waals surface area (Å²) in [4.78, 5) is 19.6. The average Bonchev–Trinajstić information content (AvgIpc) is 3.50. The lowest BCUT2D eigenvalue weighted by molar-refractivity contribution is 0.147. The first-order valence-electron chi connectivity index (χ1n) is 12.7. The van der Waals surface area contributed by atoms with Gasteiger partial charge in [-0.2, -0.15) is 10.2 Å². The zero-order valence-electron chi connectivity index (χ0n) is 20.9. The molecule has 11 heteroatoms. The number of hydrogen-bond acceptors (Lipinski definition) is 7. The molecule has 39 heavy (non-hydrogen) atoms. The third-order valence-corrected chi connectivity index (χ3v) is 7.60. The maximum absolute atomic E-state index is 14.3. The highest BCUT2D eigenvalue weighted by atomic mass is 35.5. The zero-order valence-corrected chi connectivity index (χ0v) is 21.7. The topological polar surface area (TPSA) is 104 Å². The molecule has 2 saturated heterocycles. The fraction of sp³-hybridized carbons (Fsp3) is 0.286. The number of aromatic nitrogens is 3. The monoisotopic (exact) mass is 548 g/mol. The molecule has 2 aromatic heterocycles. The third-order valence-electron chi connectivity index (χ3n) is 7.36. The summed E-state index contributed by atoms with van der Waals surface area (Å²) in [5.74, 6) is 1.12. The van der Waals surface area contributed by atoms with E-state index < -0.39 is 11.9 Å². The highest BCUT2D eigenvalue weighted by Crippen LogP contribution is 2.32. The molecule has 2 aliphatic heterocycles. The Bertz CT molecular complexity index is 1520. The first kappa shape index (κ1) is 25.3. The second-order valence-corrected chi connectivity index (χ2v) is 10.4. The summed E-state index contributed by atoms with van der Waals surface area (Å²) in [6, 6.07) is 13.7. The van der Waals surface area contributed by atoms with Crippen molar-refractivity contribution in [3.8, 4) is 17.0 Å². The summed E-state index contributed by atoms with van der Waals surface area (Å²) in [5.41, 5.74) is 2.88. The Morgan fingerprint density at radius 3 is 2.72 bits per heavy atom. The minimum Gasteiger partial charge on any atom is -0.492 e. The second kappa shape index (κ2) is 10.6. The summed E-state index contributed by atoms with van der Waals surface area (Å²) < 4.78 is 20.4. The van der Waals surface area contributed by atoms with Crippen molar-refractivity contribution in [3.05, 3.63) is 71.8 Å². The number of amides is 1. The number of carbonyl (C=O) groups is 1. The van der Waals surface area contributed by atoms with Gasteiger partial charge in [0, 0.05) is 66.6 Å². The van der Waals surface area contributed by atoms with Crippen LogP contribution in [0.2, 0.25) is 5.02 Å². The van der Waals surface area contributed by atoms with Crippen LogP contribution in [-0.2, 0) is 0 Å². The van der Waals surface area contributed by atoms with Crippen LogP contribution in [0.1, 0.15) is 0 Å². The molecule has 2 atom stereocenters. The van der Waals surface area contributed by atoms with Crippen LogP contribution in [0, 0.1) is 17.7 Å². The van der Waals surface area contributed by atoms with Gasteiger partial charge in [-0.3, -0.25) is 9.88 Å². The van der Waals surface area contributed by atoms with Crippen LogP contribution in [0.25, 0.3) is 22.2 Å². The Kier molecular flexibility index (Phi) is 6.88. The maximum Gasteiger partial charge on any atom is 0.407 e. The second-order valence-electron chi connectivity index (χ2n) is 9.93. The van der Waals surface area contributed by atoms with Crippen LogP contribution < -0.4 is 10.1 Å². The van der Waals surface area contributed by atoms with Crippen LogP contribution in [0.3, 0.4) is 0 Å². The summed E-state index contributed by atoms with van der Waals surface area (Å²) >= 11 is 6.04. The molecular weight excluding hydrogens is 523 g/mol. The van der Waals surface area contributed by atoms with E-state index in [1.54, 1.807) is 18.5 Å². The number of rotatable bonds is 7. The van der Waals surface area contributed by atoms with Gasteiger partial charge in [0.2, 0.25) is 0 Å². The molecule has 0 bridgehead atoms. The van der Waals surface area contributed by atoms with Crippen LogP contribution in [0.5, 0.6) is 5.75 Å². The van der Waals surface area contributed by atoms with Gasteiger partial charge < -0.3 is 20.1 Å². The van der Waals surface area contributed by atoms with Crippen molar-refractivity contribution in [3.63, 3.8) is 0 Å². The van der Waals surface area contributed by atoms with Crippen LogP contribution in [0.4, 0.5) is 20.6 Å². The van der Waals surface area contributed by atoms with Crippen molar-refractivity contribution in [1.82, 2.24) is 25.0 Å². The van der Waals surface area contributed by atoms with E-state index in [1.807, 2.05) is 24.3 Å². The molecular formula is C28H26ClFN6O3. The van der Waals surface area contributed by atoms with Crippen molar-refractivity contribution in [2.75, 3.05) is 44.6 Å². The van der Waals surface area contributed by atoms with E-state index in [9.17, 15) is 14.3 Å². The highest BCUT2D eigenvalue weighted by Gasteiger charge is 2.41. The summed E-state index contributed by atoms with van der Waals surface area (Å²) in [5, 5.41) is 21.9. The Morgan fingerprint density at radius 2 is 1.92 bits per heavy atom. The molecule has 200 valence electrons. The van der Waals surface area contributed by atoms with E-state index in [2.05, 4.69) is 25.4 Å². The van der Waals surface area contributed by atoms with Gasteiger partial charge in [0.25, 0.3) is 0 Å². The smallest absolute Gasteiger partial charge is 0.407 e.